The summed E-state index contributed by atoms with van der Waals surface area (Å²) in [7, 11) is 0. The SMILES string of the molecule is CC.Nc1c(C=C(Br)Br)ccc2ccccc12. The zero-order valence-electron chi connectivity index (χ0n) is 9.87. The van der Waals surface area contributed by atoms with Gasteiger partial charge in [-0.3, -0.25) is 0 Å². The number of benzene rings is 2. The van der Waals surface area contributed by atoms with E-state index in [0.29, 0.717) is 0 Å². The molecule has 0 radical (unpaired) electrons. The maximum absolute atomic E-state index is 6.08. The van der Waals surface area contributed by atoms with Crippen LogP contribution in [0.15, 0.2) is 39.8 Å². The lowest BCUT2D eigenvalue weighted by molar-refractivity contribution is 1.50. The summed E-state index contributed by atoms with van der Waals surface area (Å²) in [6.45, 7) is 4.00. The Morgan fingerprint density at radius 3 is 2.35 bits per heavy atom. The van der Waals surface area contributed by atoms with Gasteiger partial charge in [0.25, 0.3) is 0 Å². The summed E-state index contributed by atoms with van der Waals surface area (Å²) in [6.07, 6.45) is 1.95. The number of hydrogen-bond donors (Lipinski definition) is 1. The smallest absolute Gasteiger partial charge is 0.0610 e. The van der Waals surface area contributed by atoms with E-state index in [4.69, 9.17) is 5.73 Å². The summed E-state index contributed by atoms with van der Waals surface area (Å²) in [5.41, 5.74) is 7.90. The molecule has 90 valence electrons. The molecule has 0 saturated heterocycles. The standard InChI is InChI=1S/C12H9Br2N.C2H6/c13-11(14)7-9-6-5-8-3-1-2-4-10(8)12(9)15;1-2/h1-7H,15H2;1-2H3. The predicted octanol–water partition coefficient (Wildman–Crippen LogP) is 5.54. The highest BCUT2D eigenvalue weighted by Crippen LogP contribution is 2.28. The highest BCUT2D eigenvalue weighted by Gasteiger charge is 2.01. The van der Waals surface area contributed by atoms with Gasteiger partial charge in [-0.25, -0.2) is 0 Å². The third-order valence-electron chi connectivity index (χ3n) is 2.27. The molecule has 0 amide bonds. The van der Waals surface area contributed by atoms with Crippen LogP contribution in [0, 0.1) is 0 Å². The van der Waals surface area contributed by atoms with Crippen LogP contribution >= 0.6 is 31.9 Å². The fourth-order valence-corrected chi connectivity index (χ4v) is 2.05. The Morgan fingerprint density at radius 2 is 1.71 bits per heavy atom. The quantitative estimate of drug-likeness (QED) is 0.667. The number of halogens is 2. The lowest BCUT2D eigenvalue weighted by Crippen LogP contribution is -1.90. The number of fused-ring (bicyclic) bond motifs is 1. The fraction of sp³-hybridized carbons (Fsp3) is 0.143. The van der Waals surface area contributed by atoms with Crippen LogP contribution in [0.4, 0.5) is 5.69 Å². The monoisotopic (exact) mass is 355 g/mol. The van der Waals surface area contributed by atoms with Gasteiger partial charge in [0, 0.05) is 11.1 Å². The first-order chi connectivity index (χ1) is 8.18. The molecule has 2 rings (SSSR count). The highest BCUT2D eigenvalue weighted by molar-refractivity contribution is 9.28. The number of nitrogens with two attached hydrogens (primary N) is 1. The molecule has 0 spiro atoms. The first-order valence-electron chi connectivity index (χ1n) is 5.48. The molecule has 0 bridgehead atoms. The Kier molecular flexibility index (Phi) is 5.72. The van der Waals surface area contributed by atoms with Crippen LogP contribution in [0.3, 0.4) is 0 Å². The van der Waals surface area contributed by atoms with Crippen LogP contribution < -0.4 is 5.73 Å². The van der Waals surface area contributed by atoms with E-state index in [-0.39, 0.29) is 0 Å². The molecule has 0 heterocycles. The molecule has 0 aliphatic carbocycles. The third-order valence-corrected chi connectivity index (χ3v) is 2.73. The van der Waals surface area contributed by atoms with Crippen molar-refractivity contribution < 1.29 is 0 Å². The minimum atomic E-state index is 0.810. The lowest BCUT2D eigenvalue weighted by atomic mass is 10.0. The largest absolute Gasteiger partial charge is 0.398 e. The Balaban J connectivity index is 0.000000686. The van der Waals surface area contributed by atoms with Gasteiger partial charge in [0.2, 0.25) is 0 Å². The van der Waals surface area contributed by atoms with Crippen LogP contribution in [-0.4, -0.2) is 0 Å². The van der Waals surface area contributed by atoms with Crippen molar-refractivity contribution in [1.29, 1.82) is 0 Å². The number of anilines is 1. The molecule has 0 aliphatic rings. The summed E-state index contributed by atoms with van der Waals surface area (Å²) in [4.78, 5) is 0. The second-order valence-electron chi connectivity index (χ2n) is 3.22. The van der Waals surface area contributed by atoms with E-state index in [1.807, 2.05) is 44.2 Å². The van der Waals surface area contributed by atoms with Crippen molar-refractivity contribution in [2.75, 3.05) is 5.73 Å². The van der Waals surface area contributed by atoms with Gasteiger partial charge in [0.1, 0.15) is 0 Å². The van der Waals surface area contributed by atoms with Crippen LogP contribution in [-0.2, 0) is 0 Å². The van der Waals surface area contributed by atoms with Crippen LogP contribution in [0.1, 0.15) is 19.4 Å². The van der Waals surface area contributed by atoms with Gasteiger partial charge in [-0.15, -0.1) is 0 Å². The third kappa shape index (κ3) is 3.58. The summed E-state index contributed by atoms with van der Waals surface area (Å²) in [6, 6.07) is 12.2. The zero-order chi connectivity index (χ0) is 12.8. The summed E-state index contributed by atoms with van der Waals surface area (Å²) >= 11 is 6.66. The van der Waals surface area contributed by atoms with Gasteiger partial charge in [-0.2, -0.15) is 0 Å². The lowest BCUT2D eigenvalue weighted by Gasteiger charge is -2.05. The van der Waals surface area contributed by atoms with Crippen molar-refractivity contribution >= 4 is 54.4 Å². The fourth-order valence-electron chi connectivity index (χ4n) is 1.56. The Bertz CT molecular complexity index is 529. The highest BCUT2D eigenvalue weighted by atomic mass is 79.9. The normalized spacial score (nSPS) is 9.41. The van der Waals surface area contributed by atoms with Crippen LogP contribution in [0.25, 0.3) is 16.8 Å². The second-order valence-corrected chi connectivity index (χ2v) is 6.00. The molecule has 17 heavy (non-hydrogen) atoms. The molecule has 0 atom stereocenters. The molecule has 3 heteroatoms. The van der Waals surface area contributed by atoms with Gasteiger partial charge in [-0.05, 0) is 48.9 Å². The summed E-state index contributed by atoms with van der Waals surface area (Å²) in [5, 5.41) is 2.25. The van der Waals surface area contributed by atoms with E-state index in [9.17, 15) is 0 Å². The topological polar surface area (TPSA) is 26.0 Å². The minimum Gasteiger partial charge on any atom is -0.398 e. The zero-order valence-corrected chi connectivity index (χ0v) is 13.0. The molecule has 0 unspecified atom stereocenters. The first kappa shape index (κ1) is 14.3. The van der Waals surface area contributed by atoms with Crippen LogP contribution in [0.2, 0.25) is 0 Å². The Morgan fingerprint density at radius 1 is 1.06 bits per heavy atom. The van der Waals surface area contributed by atoms with Crippen molar-refractivity contribution in [2.45, 2.75) is 13.8 Å². The van der Waals surface area contributed by atoms with Gasteiger partial charge in [0.05, 0.1) is 3.39 Å². The van der Waals surface area contributed by atoms with Gasteiger partial charge in [0.15, 0.2) is 0 Å². The molecule has 0 aliphatic heterocycles. The Hall–Kier alpha value is -0.800. The molecule has 2 aromatic rings. The summed E-state index contributed by atoms with van der Waals surface area (Å²) < 4.78 is 0.886. The van der Waals surface area contributed by atoms with E-state index in [0.717, 1.165) is 25.4 Å². The molecule has 0 saturated carbocycles. The average Bonchev–Trinajstić information content (AvgIpc) is 2.35. The number of nitrogen functional groups attached to an aromatic ring is 1. The Labute approximate surface area is 119 Å². The molecule has 2 N–H and O–H groups in total. The number of rotatable bonds is 1. The van der Waals surface area contributed by atoms with Gasteiger partial charge >= 0.3 is 0 Å². The molecular weight excluding hydrogens is 342 g/mol. The predicted molar refractivity (Wildman–Crippen MR) is 85.5 cm³/mol. The minimum absolute atomic E-state index is 0.810. The van der Waals surface area contributed by atoms with E-state index in [1.54, 1.807) is 0 Å². The van der Waals surface area contributed by atoms with Crippen molar-refractivity contribution in [3.63, 3.8) is 0 Å². The first-order valence-corrected chi connectivity index (χ1v) is 7.07. The molecule has 2 aromatic carbocycles. The van der Waals surface area contributed by atoms with E-state index < -0.39 is 0 Å². The molecular formula is C14H15Br2N. The van der Waals surface area contributed by atoms with Crippen molar-refractivity contribution in [3.05, 3.63) is 45.4 Å². The summed E-state index contributed by atoms with van der Waals surface area (Å²) in [5.74, 6) is 0. The van der Waals surface area contributed by atoms with E-state index in [2.05, 4.69) is 44.0 Å². The average molecular weight is 357 g/mol. The van der Waals surface area contributed by atoms with Crippen molar-refractivity contribution in [3.8, 4) is 0 Å². The van der Waals surface area contributed by atoms with Gasteiger partial charge < -0.3 is 5.73 Å². The maximum Gasteiger partial charge on any atom is 0.0610 e. The van der Waals surface area contributed by atoms with Crippen molar-refractivity contribution in [2.24, 2.45) is 0 Å². The second kappa shape index (κ2) is 6.82. The molecule has 0 fully saturated rings. The molecule has 1 nitrogen and oxygen atoms in total. The van der Waals surface area contributed by atoms with Crippen molar-refractivity contribution in [1.82, 2.24) is 0 Å². The van der Waals surface area contributed by atoms with E-state index >= 15 is 0 Å². The van der Waals surface area contributed by atoms with Crippen LogP contribution in [0.5, 0.6) is 0 Å². The van der Waals surface area contributed by atoms with Gasteiger partial charge in [-0.1, -0.05) is 50.2 Å². The van der Waals surface area contributed by atoms with E-state index in [1.165, 1.54) is 0 Å². The number of hydrogen-bond acceptors (Lipinski definition) is 1. The molecule has 0 aromatic heterocycles. The maximum atomic E-state index is 6.08.